The second kappa shape index (κ2) is 8.19. The average molecular weight is 433 g/mol. The summed E-state index contributed by atoms with van der Waals surface area (Å²) in [6, 6.07) is 13.8. The second-order valence-corrected chi connectivity index (χ2v) is 7.66. The second-order valence-electron chi connectivity index (χ2n) is 6.75. The Labute approximate surface area is 166 Å². The van der Waals surface area contributed by atoms with E-state index >= 15 is 0 Å². The number of hydrogen-bond acceptors (Lipinski definition) is 4. The van der Waals surface area contributed by atoms with Crippen LogP contribution >= 0.6 is 15.9 Å². The minimum Gasteiger partial charge on any atom is -0.381 e. The van der Waals surface area contributed by atoms with Gasteiger partial charge in [-0.05, 0) is 43.0 Å². The minimum absolute atomic E-state index is 0.0160. The molecule has 3 rings (SSSR count). The molecular formula is C20H21BrN2O4. The van der Waals surface area contributed by atoms with Gasteiger partial charge in [0.25, 0.3) is 5.69 Å². The number of ether oxygens (including phenoxy) is 1. The molecule has 1 heterocycles. The summed E-state index contributed by atoms with van der Waals surface area (Å²) < 4.78 is 6.44. The zero-order chi connectivity index (χ0) is 19.4. The molecule has 2 aromatic rings. The van der Waals surface area contributed by atoms with E-state index in [0.29, 0.717) is 31.6 Å². The molecule has 6 nitrogen and oxygen atoms in total. The highest BCUT2D eigenvalue weighted by Gasteiger charge is 2.42. The predicted molar refractivity (Wildman–Crippen MR) is 106 cm³/mol. The standard InChI is InChI=1S/C20H21BrN2O4/c1-14(15-3-2-4-18(13-15)23(25)26)22-19(24)20(9-11-27-12-10-20)16-5-7-17(21)8-6-16/h2-8,13-14H,9-12H2,1H3,(H,22,24). The van der Waals surface area contributed by atoms with Gasteiger partial charge in [-0.1, -0.05) is 40.2 Å². The van der Waals surface area contributed by atoms with E-state index in [9.17, 15) is 14.9 Å². The van der Waals surface area contributed by atoms with E-state index in [0.717, 1.165) is 10.0 Å². The molecular weight excluding hydrogens is 412 g/mol. The molecule has 27 heavy (non-hydrogen) atoms. The Morgan fingerprint density at radius 1 is 1.22 bits per heavy atom. The lowest BCUT2D eigenvalue weighted by Crippen LogP contribution is -2.48. The van der Waals surface area contributed by atoms with Gasteiger partial charge < -0.3 is 10.1 Å². The van der Waals surface area contributed by atoms with Gasteiger partial charge in [0, 0.05) is 29.8 Å². The Bertz CT molecular complexity index is 832. The number of carbonyl (C=O) groups excluding carboxylic acids is 1. The Hall–Kier alpha value is -2.25. The summed E-state index contributed by atoms with van der Waals surface area (Å²) in [6.07, 6.45) is 1.20. The first-order valence-electron chi connectivity index (χ1n) is 8.81. The van der Waals surface area contributed by atoms with Crippen molar-refractivity contribution >= 4 is 27.5 Å². The molecule has 1 N–H and O–H groups in total. The fourth-order valence-corrected chi connectivity index (χ4v) is 3.73. The first kappa shape index (κ1) is 19.5. The molecule has 1 atom stereocenters. The van der Waals surface area contributed by atoms with Crippen LogP contribution in [0.2, 0.25) is 0 Å². The van der Waals surface area contributed by atoms with Crippen LogP contribution in [0.25, 0.3) is 0 Å². The number of nitrogens with zero attached hydrogens (tertiary/aromatic N) is 1. The summed E-state index contributed by atoms with van der Waals surface area (Å²) in [6.45, 7) is 2.88. The van der Waals surface area contributed by atoms with Crippen molar-refractivity contribution in [2.75, 3.05) is 13.2 Å². The number of benzene rings is 2. The first-order valence-corrected chi connectivity index (χ1v) is 9.61. The van der Waals surface area contributed by atoms with Gasteiger partial charge in [0.2, 0.25) is 5.91 Å². The molecule has 1 amide bonds. The third-order valence-corrected chi connectivity index (χ3v) is 5.64. The molecule has 1 aliphatic heterocycles. The van der Waals surface area contributed by atoms with Crippen LogP contribution in [0.4, 0.5) is 5.69 Å². The maximum absolute atomic E-state index is 13.3. The van der Waals surface area contributed by atoms with Crippen LogP contribution in [0.1, 0.15) is 36.9 Å². The van der Waals surface area contributed by atoms with Gasteiger partial charge >= 0.3 is 0 Å². The molecule has 1 unspecified atom stereocenters. The lowest BCUT2D eigenvalue weighted by Gasteiger charge is -2.37. The molecule has 7 heteroatoms. The largest absolute Gasteiger partial charge is 0.381 e. The monoisotopic (exact) mass is 432 g/mol. The molecule has 2 aromatic carbocycles. The van der Waals surface area contributed by atoms with Crippen molar-refractivity contribution < 1.29 is 14.5 Å². The maximum atomic E-state index is 13.3. The van der Waals surface area contributed by atoms with Crippen LogP contribution in [0, 0.1) is 10.1 Å². The molecule has 0 spiro atoms. The number of halogens is 1. The number of hydrogen-bond donors (Lipinski definition) is 1. The number of non-ortho nitro benzene ring substituents is 1. The fraction of sp³-hybridized carbons (Fsp3) is 0.350. The number of carbonyl (C=O) groups is 1. The zero-order valence-corrected chi connectivity index (χ0v) is 16.6. The first-order chi connectivity index (χ1) is 12.9. The van der Waals surface area contributed by atoms with Gasteiger partial charge in [-0.25, -0.2) is 0 Å². The van der Waals surface area contributed by atoms with Crippen molar-refractivity contribution in [3.05, 3.63) is 74.2 Å². The quantitative estimate of drug-likeness (QED) is 0.564. The van der Waals surface area contributed by atoms with Gasteiger partial charge in [-0.3, -0.25) is 14.9 Å². The minimum atomic E-state index is -0.659. The smallest absolute Gasteiger partial charge is 0.269 e. The third-order valence-electron chi connectivity index (χ3n) is 5.11. The van der Waals surface area contributed by atoms with Crippen LogP contribution in [0.5, 0.6) is 0 Å². The van der Waals surface area contributed by atoms with E-state index in [2.05, 4.69) is 21.2 Å². The molecule has 1 fully saturated rings. The van der Waals surface area contributed by atoms with E-state index in [-0.39, 0.29) is 17.6 Å². The van der Waals surface area contributed by atoms with E-state index in [4.69, 9.17) is 4.74 Å². The van der Waals surface area contributed by atoms with Gasteiger partial charge in [-0.15, -0.1) is 0 Å². The van der Waals surface area contributed by atoms with E-state index in [1.807, 2.05) is 31.2 Å². The van der Waals surface area contributed by atoms with Crippen molar-refractivity contribution in [1.82, 2.24) is 5.32 Å². The van der Waals surface area contributed by atoms with Crippen molar-refractivity contribution in [1.29, 1.82) is 0 Å². The molecule has 0 aromatic heterocycles. The summed E-state index contributed by atoms with van der Waals surface area (Å²) in [5, 5.41) is 14.1. The van der Waals surface area contributed by atoms with Gasteiger partial charge in [0.15, 0.2) is 0 Å². The van der Waals surface area contributed by atoms with Gasteiger partial charge in [0.1, 0.15) is 0 Å². The molecule has 0 radical (unpaired) electrons. The third kappa shape index (κ3) is 4.20. The zero-order valence-electron chi connectivity index (χ0n) is 15.0. The molecule has 1 saturated heterocycles. The van der Waals surface area contributed by atoms with Gasteiger partial charge in [-0.2, -0.15) is 0 Å². The van der Waals surface area contributed by atoms with Crippen molar-refractivity contribution in [2.24, 2.45) is 0 Å². The van der Waals surface area contributed by atoms with Crippen LogP contribution in [0.15, 0.2) is 53.0 Å². The molecule has 1 aliphatic rings. The Kier molecular flexibility index (Phi) is 5.92. The number of amides is 1. The van der Waals surface area contributed by atoms with Crippen molar-refractivity contribution in [3.63, 3.8) is 0 Å². The molecule has 0 aliphatic carbocycles. The Morgan fingerprint density at radius 3 is 2.52 bits per heavy atom. The summed E-state index contributed by atoms with van der Waals surface area (Å²) in [7, 11) is 0. The van der Waals surface area contributed by atoms with E-state index in [1.165, 1.54) is 12.1 Å². The fourth-order valence-electron chi connectivity index (χ4n) is 3.46. The maximum Gasteiger partial charge on any atom is 0.269 e. The van der Waals surface area contributed by atoms with Crippen LogP contribution in [-0.2, 0) is 14.9 Å². The Morgan fingerprint density at radius 2 is 1.89 bits per heavy atom. The molecule has 142 valence electrons. The van der Waals surface area contributed by atoms with Crippen LogP contribution < -0.4 is 5.32 Å². The summed E-state index contributed by atoms with van der Waals surface area (Å²) in [5.41, 5.74) is 1.02. The van der Waals surface area contributed by atoms with E-state index < -0.39 is 10.3 Å². The molecule has 0 bridgehead atoms. The van der Waals surface area contributed by atoms with Crippen molar-refractivity contribution in [3.8, 4) is 0 Å². The number of nitro groups is 1. The van der Waals surface area contributed by atoms with Crippen molar-refractivity contribution in [2.45, 2.75) is 31.2 Å². The lowest BCUT2D eigenvalue weighted by molar-refractivity contribution is -0.384. The number of rotatable bonds is 5. The van der Waals surface area contributed by atoms with E-state index in [1.54, 1.807) is 12.1 Å². The predicted octanol–water partition coefficient (Wildman–Crippen LogP) is 4.28. The Balaban J connectivity index is 1.85. The average Bonchev–Trinajstić information content (AvgIpc) is 2.69. The highest BCUT2D eigenvalue weighted by atomic mass is 79.9. The number of nitro benzene ring substituents is 1. The van der Waals surface area contributed by atoms with Crippen LogP contribution in [-0.4, -0.2) is 24.0 Å². The highest BCUT2D eigenvalue weighted by Crippen LogP contribution is 2.36. The summed E-state index contributed by atoms with van der Waals surface area (Å²) >= 11 is 3.43. The lowest BCUT2D eigenvalue weighted by atomic mass is 9.73. The summed E-state index contributed by atoms with van der Waals surface area (Å²) in [4.78, 5) is 23.9. The highest BCUT2D eigenvalue weighted by molar-refractivity contribution is 9.10. The van der Waals surface area contributed by atoms with Gasteiger partial charge in [0.05, 0.1) is 16.4 Å². The normalized spacial score (nSPS) is 17.1. The topological polar surface area (TPSA) is 81.5 Å². The SMILES string of the molecule is CC(NC(=O)C1(c2ccc(Br)cc2)CCOCC1)c1cccc([N+](=O)[O-])c1. The number of nitrogens with one attached hydrogen (secondary N) is 1. The summed E-state index contributed by atoms with van der Waals surface area (Å²) in [5.74, 6) is -0.0767. The van der Waals surface area contributed by atoms with Crippen LogP contribution in [0.3, 0.4) is 0 Å². The molecule has 0 saturated carbocycles.